The molecule has 0 fully saturated rings. The van der Waals surface area contributed by atoms with Crippen LogP contribution in [0.25, 0.3) is 11.1 Å². The SMILES string of the molecule is CCNCc1cc(OC)c(OC)cc1-c1cccc(Br)c1. The highest BCUT2D eigenvalue weighted by Gasteiger charge is 2.12. The monoisotopic (exact) mass is 349 g/mol. The standard InChI is InChI=1S/C17H20BrNO2/c1-4-19-11-13-9-16(20-2)17(21-3)10-15(13)12-6-5-7-14(18)8-12/h5-10,19H,4,11H2,1-3H3. The minimum atomic E-state index is 0.743. The molecule has 2 aromatic rings. The third kappa shape index (κ3) is 3.77. The maximum Gasteiger partial charge on any atom is 0.161 e. The predicted octanol–water partition coefficient (Wildman–Crippen LogP) is 4.24. The van der Waals surface area contributed by atoms with Crippen LogP contribution in [0.4, 0.5) is 0 Å². The Morgan fingerprint density at radius 3 is 2.38 bits per heavy atom. The third-order valence-corrected chi connectivity index (χ3v) is 3.80. The lowest BCUT2D eigenvalue weighted by Crippen LogP contribution is -2.12. The molecule has 0 aliphatic carbocycles. The van der Waals surface area contributed by atoms with E-state index in [1.165, 1.54) is 5.56 Å². The average Bonchev–Trinajstić information content (AvgIpc) is 2.52. The van der Waals surface area contributed by atoms with Crippen LogP contribution in [0.5, 0.6) is 11.5 Å². The molecule has 21 heavy (non-hydrogen) atoms. The zero-order chi connectivity index (χ0) is 15.2. The van der Waals surface area contributed by atoms with Gasteiger partial charge >= 0.3 is 0 Å². The van der Waals surface area contributed by atoms with E-state index in [1.807, 2.05) is 24.3 Å². The highest BCUT2D eigenvalue weighted by Crippen LogP contribution is 2.36. The average molecular weight is 350 g/mol. The molecule has 0 bridgehead atoms. The second kappa shape index (κ2) is 7.48. The number of hydrogen-bond donors (Lipinski definition) is 1. The van der Waals surface area contributed by atoms with E-state index in [0.29, 0.717) is 0 Å². The fourth-order valence-corrected chi connectivity index (χ4v) is 2.65. The first-order chi connectivity index (χ1) is 10.2. The van der Waals surface area contributed by atoms with Crippen LogP contribution >= 0.6 is 15.9 Å². The lowest BCUT2D eigenvalue weighted by atomic mass is 9.98. The van der Waals surface area contributed by atoms with Crippen molar-refractivity contribution < 1.29 is 9.47 Å². The molecule has 0 saturated heterocycles. The first kappa shape index (κ1) is 15.9. The summed E-state index contributed by atoms with van der Waals surface area (Å²) >= 11 is 3.53. The number of methoxy groups -OCH3 is 2. The van der Waals surface area contributed by atoms with Crippen LogP contribution in [0, 0.1) is 0 Å². The van der Waals surface area contributed by atoms with Gasteiger partial charge in [-0.15, -0.1) is 0 Å². The number of nitrogens with one attached hydrogen (secondary N) is 1. The van der Waals surface area contributed by atoms with Crippen molar-refractivity contribution in [1.29, 1.82) is 0 Å². The minimum Gasteiger partial charge on any atom is -0.493 e. The number of ether oxygens (including phenoxy) is 2. The number of benzene rings is 2. The van der Waals surface area contributed by atoms with Crippen LogP contribution in [-0.2, 0) is 6.54 Å². The zero-order valence-corrected chi connectivity index (χ0v) is 14.2. The van der Waals surface area contributed by atoms with Gasteiger partial charge in [-0.25, -0.2) is 0 Å². The molecule has 3 nitrogen and oxygen atoms in total. The predicted molar refractivity (Wildman–Crippen MR) is 90.1 cm³/mol. The van der Waals surface area contributed by atoms with Crippen molar-refractivity contribution in [2.75, 3.05) is 20.8 Å². The molecule has 0 spiro atoms. The third-order valence-electron chi connectivity index (χ3n) is 3.31. The van der Waals surface area contributed by atoms with Gasteiger partial charge in [-0.05, 0) is 47.5 Å². The topological polar surface area (TPSA) is 30.5 Å². The van der Waals surface area contributed by atoms with Gasteiger partial charge in [0.2, 0.25) is 0 Å². The van der Waals surface area contributed by atoms with Crippen LogP contribution < -0.4 is 14.8 Å². The Hall–Kier alpha value is -1.52. The summed E-state index contributed by atoms with van der Waals surface area (Å²) in [5.41, 5.74) is 3.49. The smallest absolute Gasteiger partial charge is 0.161 e. The Labute approximate surface area is 134 Å². The highest BCUT2D eigenvalue weighted by atomic mass is 79.9. The van der Waals surface area contributed by atoms with Gasteiger partial charge in [0.05, 0.1) is 14.2 Å². The Balaban J connectivity index is 2.55. The quantitative estimate of drug-likeness (QED) is 0.845. The van der Waals surface area contributed by atoms with E-state index in [-0.39, 0.29) is 0 Å². The van der Waals surface area contributed by atoms with Crippen molar-refractivity contribution >= 4 is 15.9 Å². The largest absolute Gasteiger partial charge is 0.493 e. The zero-order valence-electron chi connectivity index (χ0n) is 12.6. The van der Waals surface area contributed by atoms with Crippen molar-refractivity contribution in [3.05, 3.63) is 46.4 Å². The summed E-state index contributed by atoms with van der Waals surface area (Å²) in [5.74, 6) is 1.50. The van der Waals surface area contributed by atoms with Crippen LogP contribution in [-0.4, -0.2) is 20.8 Å². The molecular formula is C17H20BrNO2. The van der Waals surface area contributed by atoms with Crippen molar-refractivity contribution in [3.63, 3.8) is 0 Å². The van der Waals surface area contributed by atoms with E-state index in [1.54, 1.807) is 14.2 Å². The van der Waals surface area contributed by atoms with Crippen LogP contribution in [0.2, 0.25) is 0 Å². The van der Waals surface area contributed by atoms with Crippen molar-refractivity contribution in [2.24, 2.45) is 0 Å². The van der Waals surface area contributed by atoms with Crippen molar-refractivity contribution in [2.45, 2.75) is 13.5 Å². The molecule has 0 aliphatic heterocycles. The summed E-state index contributed by atoms with van der Waals surface area (Å²) in [6.45, 7) is 3.81. The van der Waals surface area contributed by atoms with Gasteiger partial charge in [-0.1, -0.05) is 35.0 Å². The van der Waals surface area contributed by atoms with Gasteiger partial charge in [0, 0.05) is 11.0 Å². The fraction of sp³-hybridized carbons (Fsp3) is 0.294. The lowest BCUT2D eigenvalue weighted by Gasteiger charge is -2.16. The first-order valence-electron chi connectivity index (χ1n) is 6.91. The van der Waals surface area contributed by atoms with Crippen LogP contribution in [0.15, 0.2) is 40.9 Å². The van der Waals surface area contributed by atoms with Gasteiger partial charge in [0.25, 0.3) is 0 Å². The summed E-state index contributed by atoms with van der Waals surface area (Å²) in [7, 11) is 3.32. The molecular weight excluding hydrogens is 330 g/mol. The minimum absolute atomic E-state index is 0.743. The molecule has 0 saturated carbocycles. The molecule has 0 heterocycles. The van der Waals surface area contributed by atoms with Crippen molar-refractivity contribution in [3.8, 4) is 22.6 Å². The van der Waals surface area contributed by atoms with E-state index in [0.717, 1.165) is 40.2 Å². The normalized spacial score (nSPS) is 10.5. The maximum absolute atomic E-state index is 5.43. The number of hydrogen-bond acceptors (Lipinski definition) is 3. The van der Waals surface area contributed by atoms with Crippen LogP contribution in [0.3, 0.4) is 0 Å². The highest BCUT2D eigenvalue weighted by molar-refractivity contribution is 9.10. The van der Waals surface area contributed by atoms with E-state index >= 15 is 0 Å². The summed E-state index contributed by atoms with van der Waals surface area (Å²) in [6, 6.07) is 12.3. The van der Waals surface area contributed by atoms with Crippen LogP contribution in [0.1, 0.15) is 12.5 Å². The van der Waals surface area contributed by atoms with Gasteiger partial charge in [-0.2, -0.15) is 0 Å². The lowest BCUT2D eigenvalue weighted by molar-refractivity contribution is 0.354. The van der Waals surface area contributed by atoms with E-state index in [9.17, 15) is 0 Å². The number of rotatable bonds is 6. The van der Waals surface area contributed by atoms with E-state index in [4.69, 9.17) is 9.47 Å². The molecule has 112 valence electrons. The summed E-state index contributed by atoms with van der Waals surface area (Å²) in [4.78, 5) is 0. The Morgan fingerprint density at radius 2 is 1.76 bits per heavy atom. The molecule has 0 aliphatic rings. The second-order valence-corrected chi connectivity index (χ2v) is 5.57. The van der Waals surface area contributed by atoms with E-state index < -0.39 is 0 Å². The van der Waals surface area contributed by atoms with Gasteiger partial charge in [-0.3, -0.25) is 0 Å². The molecule has 0 radical (unpaired) electrons. The van der Waals surface area contributed by atoms with Crippen molar-refractivity contribution in [1.82, 2.24) is 5.32 Å². The fourth-order valence-electron chi connectivity index (χ4n) is 2.25. The molecule has 2 aromatic carbocycles. The molecule has 0 amide bonds. The Bertz CT molecular complexity index is 614. The molecule has 0 unspecified atom stereocenters. The second-order valence-electron chi connectivity index (χ2n) is 4.66. The molecule has 0 aromatic heterocycles. The number of halogens is 1. The molecule has 4 heteroatoms. The Kier molecular flexibility index (Phi) is 5.65. The van der Waals surface area contributed by atoms with Gasteiger partial charge < -0.3 is 14.8 Å². The first-order valence-corrected chi connectivity index (χ1v) is 7.70. The summed E-state index contributed by atoms with van der Waals surface area (Å²) in [6.07, 6.45) is 0. The van der Waals surface area contributed by atoms with Gasteiger partial charge in [0.1, 0.15) is 0 Å². The molecule has 1 N–H and O–H groups in total. The maximum atomic E-state index is 5.43. The summed E-state index contributed by atoms with van der Waals surface area (Å²) in [5, 5.41) is 3.37. The molecule has 2 rings (SSSR count). The molecule has 0 atom stereocenters. The summed E-state index contributed by atoms with van der Waals surface area (Å²) < 4.78 is 11.9. The Morgan fingerprint density at radius 1 is 1.05 bits per heavy atom. The van der Waals surface area contributed by atoms with E-state index in [2.05, 4.69) is 40.3 Å². The van der Waals surface area contributed by atoms with Gasteiger partial charge in [0.15, 0.2) is 11.5 Å².